The fourth-order valence-electron chi connectivity index (χ4n) is 3.77. The van der Waals surface area contributed by atoms with Crippen LogP contribution in [0.1, 0.15) is 6.23 Å². The van der Waals surface area contributed by atoms with Gasteiger partial charge < -0.3 is 34.1 Å². The van der Waals surface area contributed by atoms with Gasteiger partial charge in [0.05, 0.1) is 20.8 Å². The van der Waals surface area contributed by atoms with Gasteiger partial charge in [-0.05, 0) is 54.6 Å². The predicted octanol–water partition coefficient (Wildman–Crippen LogP) is 3.36. The molecular formula is C24H25F3N3O9P. The summed E-state index contributed by atoms with van der Waals surface area (Å²) in [7, 11) is -2.00. The van der Waals surface area contributed by atoms with Crippen LogP contribution in [0.15, 0.2) is 65.6 Å². The van der Waals surface area contributed by atoms with E-state index in [1.807, 2.05) is 0 Å². The van der Waals surface area contributed by atoms with Gasteiger partial charge in [-0.2, -0.15) is 4.98 Å². The van der Waals surface area contributed by atoms with Crippen molar-refractivity contribution in [3.05, 3.63) is 71.3 Å². The summed E-state index contributed by atoms with van der Waals surface area (Å²) in [6.45, 7) is -1.42. The number of nitrogens with two attached hydrogens (primary N) is 1. The van der Waals surface area contributed by atoms with Gasteiger partial charge >= 0.3 is 13.5 Å². The number of rotatable bonds is 11. The number of nitrogen functional groups attached to an aromatic ring is 1. The lowest BCUT2D eigenvalue weighted by Gasteiger charge is -2.30. The summed E-state index contributed by atoms with van der Waals surface area (Å²) >= 11 is 0. The van der Waals surface area contributed by atoms with Crippen molar-refractivity contribution >= 4 is 13.6 Å². The first kappa shape index (κ1) is 29.2. The van der Waals surface area contributed by atoms with Gasteiger partial charge in [0, 0.05) is 6.20 Å². The molecule has 0 unspecified atom stereocenters. The molecule has 40 heavy (non-hydrogen) atoms. The molecule has 4 atom stereocenters. The van der Waals surface area contributed by atoms with Crippen molar-refractivity contribution in [2.24, 2.45) is 0 Å². The number of hydrogen-bond acceptors (Lipinski definition) is 11. The summed E-state index contributed by atoms with van der Waals surface area (Å²) in [5.41, 5.74) is 1.16. The largest absolute Gasteiger partial charge is 0.587 e. The molecule has 0 radical (unpaired) electrons. The minimum atomic E-state index is -4.84. The number of aromatic nitrogens is 2. The Kier molecular flexibility index (Phi) is 8.59. The van der Waals surface area contributed by atoms with E-state index in [0.717, 1.165) is 12.3 Å². The van der Waals surface area contributed by atoms with E-state index in [1.165, 1.54) is 62.8 Å². The number of alkyl halides is 3. The van der Waals surface area contributed by atoms with Gasteiger partial charge in [0.25, 0.3) is 6.43 Å². The third-order valence-corrected chi connectivity index (χ3v) is 7.21. The molecule has 1 aliphatic rings. The molecule has 2 aromatic carbocycles. The normalized spacial score (nSPS) is 22.7. The summed E-state index contributed by atoms with van der Waals surface area (Å²) in [5, 5.41) is 10.4. The SMILES string of the molecule is COc1ccc(OP(=O)(OC[C@@]2(C(F)F)O[C@@H](n3ccc(N)nc3=O)[C@H](O)[C@H]2F)Oc2ccc(OC)cc2)cc1. The number of benzene rings is 2. The third kappa shape index (κ3) is 6.02. The van der Waals surface area contributed by atoms with Gasteiger partial charge in [-0.3, -0.25) is 9.09 Å². The summed E-state index contributed by atoms with van der Waals surface area (Å²) in [6.07, 6.45) is -9.63. The van der Waals surface area contributed by atoms with Crippen molar-refractivity contribution in [3.63, 3.8) is 0 Å². The number of halogens is 3. The molecule has 3 aromatic rings. The van der Waals surface area contributed by atoms with Crippen molar-refractivity contribution < 1.29 is 50.6 Å². The van der Waals surface area contributed by atoms with Crippen molar-refractivity contribution in [3.8, 4) is 23.0 Å². The number of aliphatic hydroxyl groups excluding tert-OH is 1. The minimum Gasteiger partial charge on any atom is -0.497 e. The number of aliphatic hydroxyl groups is 1. The van der Waals surface area contributed by atoms with Crippen LogP contribution in [0.2, 0.25) is 0 Å². The van der Waals surface area contributed by atoms with Crippen LogP contribution in [0.5, 0.6) is 23.0 Å². The molecule has 1 aliphatic heterocycles. The smallest absolute Gasteiger partial charge is 0.497 e. The maximum absolute atomic E-state index is 15.3. The second-order valence-electron chi connectivity index (χ2n) is 8.45. The lowest BCUT2D eigenvalue weighted by atomic mass is 9.98. The van der Waals surface area contributed by atoms with E-state index in [0.29, 0.717) is 16.1 Å². The highest BCUT2D eigenvalue weighted by atomic mass is 31.2. The van der Waals surface area contributed by atoms with Gasteiger partial charge in [-0.1, -0.05) is 0 Å². The van der Waals surface area contributed by atoms with E-state index in [-0.39, 0.29) is 17.3 Å². The molecule has 1 saturated heterocycles. The second kappa shape index (κ2) is 11.8. The van der Waals surface area contributed by atoms with Crippen LogP contribution in [0.3, 0.4) is 0 Å². The standard InChI is InChI=1S/C24H25F3N3O9P/c1-34-14-3-7-16(8-4-14)38-40(33,39-17-9-5-15(35-2)6-10-17)36-13-24(22(26)27)20(25)19(31)21(37-24)30-12-11-18(28)29-23(30)32/h3-12,19-22,31H,13H2,1-2H3,(H2,28,29,32)/t19-,20-,21-,24-/m1/s1. The van der Waals surface area contributed by atoms with Crippen LogP contribution in [0, 0.1) is 0 Å². The number of hydrogen-bond donors (Lipinski definition) is 2. The predicted molar refractivity (Wildman–Crippen MR) is 133 cm³/mol. The molecule has 1 aromatic heterocycles. The fourth-order valence-corrected chi connectivity index (χ4v) is 5.03. The summed E-state index contributed by atoms with van der Waals surface area (Å²) in [6, 6.07) is 12.4. The van der Waals surface area contributed by atoms with Crippen molar-refractivity contribution in [2.75, 3.05) is 26.6 Å². The average molecular weight is 587 g/mol. The molecule has 16 heteroatoms. The second-order valence-corrected chi connectivity index (χ2v) is 9.97. The number of ether oxygens (including phenoxy) is 3. The van der Waals surface area contributed by atoms with Crippen molar-refractivity contribution in [1.29, 1.82) is 0 Å². The maximum atomic E-state index is 15.3. The van der Waals surface area contributed by atoms with Crippen LogP contribution in [0.4, 0.5) is 19.0 Å². The van der Waals surface area contributed by atoms with E-state index < -0.39 is 50.6 Å². The zero-order valence-corrected chi connectivity index (χ0v) is 22.0. The third-order valence-electron chi connectivity index (χ3n) is 5.90. The first-order valence-electron chi connectivity index (χ1n) is 11.5. The molecule has 4 rings (SSSR count). The first-order chi connectivity index (χ1) is 19.0. The minimum absolute atomic E-state index is 0.0645. The number of phosphoric ester groups is 1. The molecule has 0 saturated carbocycles. The molecule has 12 nitrogen and oxygen atoms in total. The molecule has 0 bridgehead atoms. The maximum Gasteiger partial charge on any atom is 0.587 e. The summed E-state index contributed by atoms with van der Waals surface area (Å²) in [4.78, 5) is 15.6. The Morgan fingerprint density at radius 1 is 1.02 bits per heavy atom. The number of nitrogens with zero attached hydrogens (tertiary/aromatic N) is 2. The van der Waals surface area contributed by atoms with Gasteiger partial charge in [0.1, 0.15) is 34.9 Å². The highest BCUT2D eigenvalue weighted by Crippen LogP contribution is 2.53. The van der Waals surface area contributed by atoms with E-state index in [1.54, 1.807) is 0 Å². The molecule has 0 aliphatic carbocycles. The van der Waals surface area contributed by atoms with Crippen molar-refractivity contribution in [1.82, 2.24) is 9.55 Å². The zero-order chi connectivity index (χ0) is 29.1. The molecule has 2 heterocycles. The van der Waals surface area contributed by atoms with Gasteiger partial charge in [-0.15, -0.1) is 0 Å². The Bertz CT molecular complexity index is 1360. The van der Waals surface area contributed by atoms with Crippen LogP contribution < -0.4 is 29.9 Å². The van der Waals surface area contributed by atoms with Crippen LogP contribution >= 0.6 is 7.82 Å². The average Bonchev–Trinajstić information content (AvgIpc) is 3.19. The van der Waals surface area contributed by atoms with E-state index in [9.17, 15) is 23.2 Å². The molecule has 0 amide bonds. The quantitative estimate of drug-likeness (QED) is 0.318. The van der Waals surface area contributed by atoms with Crippen molar-refractivity contribution in [2.45, 2.75) is 30.5 Å². The number of phosphoric acid groups is 1. The lowest BCUT2D eigenvalue weighted by molar-refractivity contribution is -0.184. The monoisotopic (exact) mass is 587 g/mol. The number of anilines is 1. The molecule has 216 valence electrons. The van der Waals surface area contributed by atoms with E-state index in [2.05, 4.69) is 4.98 Å². The molecule has 3 N–H and O–H groups in total. The number of methoxy groups -OCH3 is 2. The zero-order valence-electron chi connectivity index (χ0n) is 21.1. The van der Waals surface area contributed by atoms with Gasteiger partial charge in [-0.25, -0.2) is 22.5 Å². The Morgan fingerprint density at radius 3 is 1.98 bits per heavy atom. The molecular weight excluding hydrogens is 562 g/mol. The Morgan fingerprint density at radius 2 is 1.52 bits per heavy atom. The topological polar surface area (TPSA) is 154 Å². The Hall–Kier alpha value is -3.78. The van der Waals surface area contributed by atoms with Crippen LogP contribution in [0.25, 0.3) is 0 Å². The Labute approximate surface area is 225 Å². The highest BCUT2D eigenvalue weighted by molar-refractivity contribution is 7.49. The summed E-state index contributed by atoms with van der Waals surface area (Å²) in [5.74, 6) is 0.544. The van der Waals surface area contributed by atoms with E-state index in [4.69, 9.17) is 33.5 Å². The van der Waals surface area contributed by atoms with E-state index >= 15 is 4.39 Å². The molecule has 1 fully saturated rings. The fraction of sp³-hybridized carbons (Fsp3) is 0.333. The Balaban J connectivity index is 1.64. The molecule has 0 spiro atoms. The lowest BCUT2D eigenvalue weighted by Crippen LogP contribution is -2.50. The summed E-state index contributed by atoms with van der Waals surface area (Å²) < 4.78 is 89.8. The van der Waals surface area contributed by atoms with Crippen LogP contribution in [-0.4, -0.2) is 59.8 Å². The highest BCUT2D eigenvalue weighted by Gasteiger charge is 2.63. The van der Waals surface area contributed by atoms with Gasteiger partial charge in [0.15, 0.2) is 18.0 Å². The first-order valence-corrected chi connectivity index (χ1v) is 13.0. The van der Waals surface area contributed by atoms with Crippen LogP contribution in [-0.2, 0) is 13.8 Å². The van der Waals surface area contributed by atoms with Gasteiger partial charge in [0.2, 0.25) is 0 Å².